The highest BCUT2D eigenvalue weighted by Crippen LogP contribution is 2.31. The molecule has 120 valence electrons. The van der Waals surface area contributed by atoms with Crippen LogP contribution in [0.2, 0.25) is 0 Å². The summed E-state index contributed by atoms with van der Waals surface area (Å²) in [6, 6.07) is 4.54. The zero-order chi connectivity index (χ0) is 16.1. The first-order chi connectivity index (χ1) is 11.0. The number of aryl methyl sites for hydroxylation is 1. The lowest BCUT2D eigenvalue weighted by Gasteiger charge is -2.17. The van der Waals surface area contributed by atoms with Crippen LogP contribution in [0.5, 0.6) is 0 Å². The second-order valence-electron chi connectivity index (χ2n) is 6.39. The Morgan fingerprint density at radius 2 is 2.26 bits per heavy atom. The van der Waals surface area contributed by atoms with Crippen LogP contribution in [0.3, 0.4) is 0 Å². The van der Waals surface area contributed by atoms with Crippen molar-refractivity contribution in [1.29, 1.82) is 0 Å². The number of carbonyl (C=O) groups is 2. The van der Waals surface area contributed by atoms with E-state index >= 15 is 0 Å². The number of H-pyrrole nitrogens is 1. The molecule has 6 heteroatoms. The number of ether oxygens (including phenoxy) is 1. The summed E-state index contributed by atoms with van der Waals surface area (Å²) >= 11 is 0. The third-order valence-electron chi connectivity index (χ3n) is 4.95. The van der Waals surface area contributed by atoms with E-state index < -0.39 is 0 Å². The summed E-state index contributed by atoms with van der Waals surface area (Å²) in [5.41, 5.74) is 2.52. The van der Waals surface area contributed by atoms with Crippen LogP contribution in [0, 0.1) is 24.6 Å². The summed E-state index contributed by atoms with van der Waals surface area (Å²) < 4.78 is 18.5. The quantitative estimate of drug-likeness (QED) is 0.859. The molecule has 1 N–H and O–H groups in total. The number of rotatable bonds is 2. The third-order valence-corrected chi connectivity index (χ3v) is 4.95. The first-order valence-electron chi connectivity index (χ1n) is 7.74. The summed E-state index contributed by atoms with van der Waals surface area (Å²) in [6.45, 7) is 3.28. The van der Waals surface area contributed by atoms with Gasteiger partial charge in [0, 0.05) is 35.6 Å². The van der Waals surface area contributed by atoms with Gasteiger partial charge in [-0.2, -0.15) is 0 Å². The lowest BCUT2D eigenvalue weighted by atomic mass is 10.0. The maximum absolute atomic E-state index is 13.5. The predicted octanol–water partition coefficient (Wildman–Crippen LogP) is 1.79. The van der Waals surface area contributed by atoms with Crippen molar-refractivity contribution in [3.8, 4) is 0 Å². The zero-order valence-corrected chi connectivity index (χ0v) is 12.8. The molecular weight excluding hydrogens is 299 g/mol. The van der Waals surface area contributed by atoms with Crippen LogP contribution in [0.1, 0.15) is 11.3 Å². The van der Waals surface area contributed by atoms with Gasteiger partial charge in [-0.1, -0.05) is 0 Å². The molecule has 2 aliphatic rings. The Morgan fingerprint density at radius 1 is 1.43 bits per heavy atom. The Hall–Kier alpha value is -2.37. The van der Waals surface area contributed by atoms with Gasteiger partial charge in [0.15, 0.2) is 0 Å². The Balaban J connectivity index is 1.57. The number of fused-ring (bicyclic) bond motifs is 2. The van der Waals surface area contributed by atoms with Gasteiger partial charge in [0.05, 0.1) is 18.9 Å². The average molecular weight is 316 g/mol. The second-order valence-corrected chi connectivity index (χ2v) is 6.39. The number of nitrogens with zero attached hydrogens (tertiary/aromatic N) is 1. The summed E-state index contributed by atoms with van der Waals surface area (Å²) in [5.74, 6) is -0.604. The summed E-state index contributed by atoms with van der Waals surface area (Å²) in [7, 11) is 0. The van der Waals surface area contributed by atoms with Gasteiger partial charge in [0.2, 0.25) is 5.91 Å². The van der Waals surface area contributed by atoms with Crippen molar-refractivity contribution in [3.05, 3.63) is 35.3 Å². The van der Waals surface area contributed by atoms with E-state index in [1.165, 1.54) is 12.1 Å². The molecule has 23 heavy (non-hydrogen) atoms. The molecule has 0 spiro atoms. The summed E-state index contributed by atoms with van der Waals surface area (Å²) in [4.78, 5) is 29.1. The van der Waals surface area contributed by atoms with Crippen LogP contribution in [-0.4, -0.2) is 41.5 Å². The maximum Gasteiger partial charge on any atom is 0.311 e. The topological polar surface area (TPSA) is 62.4 Å². The molecule has 0 bridgehead atoms. The molecule has 2 atom stereocenters. The molecule has 4 rings (SSSR count). The van der Waals surface area contributed by atoms with Crippen LogP contribution < -0.4 is 0 Å². The van der Waals surface area contributed by atoms with Crippen molar-refractivity contribution < 1.29 is 18.7 Å². The number of benzene rings is 1. The number of carbonyl (C=O) groups excluding carboxylic acids is 2. The van der Waals surface area contributed by atoms with Crippen molar-refractivity contribution in [1.82, 2.24) is 9.88 Å². The van der Waals surface area contributed by atoms with Crippen molar-refractivity contribution in [2.75, 3.05) is 19.7 Å². The van der Waals surface area contributed by atoms with E-state index in [1.807, 2.05) is 6.92 Å². The van der Waals surface area contributed by atoms with Gasteiger partial charge in [0.25, 0.3) is 0 Å². The Bertz CT molecular complexity index is 814. The molecule has 0 aliphatic carbocycles. The van der Waals surface area contributed by atoms with Crippen molar-refractivity contribution in [2.24, 2.45) is 11.8 Å². The minimum absolute atomic E-state index is 0.0274. The lowest BCUT2D eigenvalue weighted by molar-refractivity contribution is -0.142. The first-order valence-corrected chi connectivity index (χ1v) is 7.74. The van der Waals surface area contributed by atoms with Crippen molar-refractivity contribution >= 4 is 22.8 Å². The fourth-order valence-corrected chi connectivity index (χ4v) is 3.65. The summed E-state index contributed by atoms with van der Waals surface area (Å²) in [6.07, 6.45) is 0.212. The monoisotopic (exact) mass is 316 g/mol. The lowest BCUT2D eigenvalue weighted by Crippen LogP contribution is -2.32. The average Bonchev–Trinajstić information content (AvgIpc) is 3.16. The number of aromatic amines is 1. The molecule has 2 fully saturated rings. The zero-order valence-electron chi connectivity index (χ0n) is 12.8. The molecule has 0 unspecified atom stereocenters. The van der Waals surface area contributed by atoms with Gasteiger partial charge in [-0.05, 0) is 30.7 Å². The molecule has 3 heterocycles. The molecule has 2 aliphatic heterocycles. The molecular formula is C17H17FN2O3. The van der Waals surface area contributed by atoms with Crippen LogP contribution in [-0.2, 0) is 20.7 Å². The van der Waals surface area contributed by atoms with Crippen molar-refractivity contribution in [3.63, 3.8) is 0 Å². The Morgan fingerprint density at radius 3 is 3.04 bits per heavy atom. The number of esters is 1. The third kappa shape index (κ3) is 2.29. The smallest absolute Gasteiger partial charge is 0.311 e. The second kappa shape index (κ2) is 5.08. The number of nitrogens with one attached hydrogen (secondary N) is 1. The van der Waals surface area contributed by atoms with E-state index in [4.69, 9.17) is 4.74 Å². The number of cyclic esters (lactones) is 1. The van der Waals surface area contributed by atoms with E-state index in [2.05, 4.69) is 4.98 Å². The number of aromatic nitrogens is 1. The highest BCUT2D eigenvalue weighted by Gasteiger charge is 2.45. The van der Waals surface area contributed by atoms with Crippen LogP contribution in [0.15, 0.2) is 18.2 Å². The Kier molecular flexibility index (Phi) is 3.14. The standard InChI is InChI=1S/C17H17FN2O3/c1-9-12(13-4-11(18)2-3-15(13)19-9)5-16(21)20-6-10-8-23-17(22)14(10)7-20/h2-4,10,14,19H,5-8H2,1H3/t10-,14-/m1/s1. The molecule has 2 saturated heterocycles. The van der Waals surface area contributed by atoms with Gasteiger partial charge < -0.3 is 14.6 Å². The summed E-state index contributed by atoms with van der Waals surface area (Å²) in [5, 5.41) is 0.745. The largest absolute Gasteiger partial charge is 0.465 e. The predicted molar refractivity (Wildman–Crippen MR) is 81.2 cm³/mol. The van der Waals surface area contributed by atoms with Gasteiger partial charge in [-0.25, -0.2) is 4.39 Å². The van der Waals surface area contributed by atoms with Crippen molar-refractivity contribution in [2.45, 2.75) is 13.3 Å². The van der Waals surface area contributed by atoms with E-state index in [1.54, 1.807) is 11.0 Å². The molecule has 0 radical (unpaired) electrons. The molecule has 1 aromatic heterocycles. The fraction of sp³-hybridized carbons (Fsp3) is 0.412. The van der Waals surface area contributed by atoms with Gasteiger partial charge in [0.1, 0.15) is 5.82 Å². The highest BCUT2D eigenvalue weighted by molar-refractivity contribution is 5.90. The number of hydrogen-bond acceptors (Lipinski definition) is 3. The van der Waals surface area contributed by atoms with Gasteiger partial charge in [-0.3, -0.25) is 9.59 Å². The van der Waals surface area contributed by atoms with Crippen LogP contribution >= 0.6 is 0 Å². The minimum atomic E-state index is -0.316. The minimum Gasteiger partial charge on any atom is -0.465 e. The molecule has 1 amide bonds. The number of halogens is 1. The van der Waals surface area contributed by atoms with Gasteiger partial charge >= 0.3 is 5.97 Å². The van der Waals surface area contributed by atoms with E-state index in [0.29, 0.717) is 19.7 Å². The van der Waals surface area contributed by atoms with E-state index in [-0.39, 0.29) is 36.0 Å². The maximum atomic E-state index is 13.5. The van der Waals surface area contributed by atoms with Crippen LogP contribution in [0.4, 0.5) is 4.39 Å². The molecule has 5 nitrogen and oxygen atoms in total. The fourth-order valence-electron chi connectivity index (χ4n) is 3.65. The SMILES string of the molecule is Cc1[nH]c2ccc(F)cc2c1CC(=O)N1C[C@@H]2COC(=O)[C@@H]2C1. The number of likely N-dealkylation sites (tertiary alicyclic amines) is 1. The highest BCUT2D eigenvalue weighted by atomic mass is 19.1. The molecule has 1 aromatic carbocycles. The molecule has 2 aromatic rings. The molecule has 0 saturated carbocycles. The van der Waals surface area contributed by atoms with Gasteiger partial charge in [-0.15, -0.1) is 0 Å². The number of amides is 1. The normalized spacial score (nSPS) is 23.4. The first kappa shape index (κ1) is 14.2. The number of hydrogen-bond donors (Lipinski definition) is 1. The Labute approximate surface area is 132 Å². The van der Waals surface area contributed by atoms with Crippen LogP contribution in [0.25, 0.3) is 10.9 Å². The van der Waals surface area contributed by atoms with E-state index in [9.17, 15) is 14.0 Å². The van der Waals surface area contributed by atoms with E-state index in [0.717, 1.165) is 22.2 Å².